The van der Waals surface area contributed by atoms with Gasteiger partial charge in [0.25, 0.3) is 10.0 Å². The van der Waals surface area contributed by atoms with Crippen LogP contribution in [0.3, 0.4) is 0 Å². The van der Waals surface area contributed by atoms with E-state index in [-0.39, 0.29) is 23.2 Å². The number of amides is 1. The minimum atomic E-state index is -3.71. The predicted octanol–water partition coefficient (Wildman–Crippen LogP) is 3.38. The highest BCUT2D eigenvalue weighted by Crippen LogP contribution is 2.37. The van der Waals surface area contributed by atoms with Gasteiger partial charge >= 0.3 is 0 Å². The van der Waals surface area contributed by atoms with Crippen molar-refractivity contribution in [3.05, 3.63) is 41.5 Å². The van der Waals surface area contributed by atoms with Crippen molar-refractivity contribution in [1.82, 2.24) is 19.8 Å². The van der Waals surface area contributed by atoms with Crippen molar-refractivity contribution in [2.75, 3.05) is 13.1 Å². The Hall–Kier alpha value is -2.50. The second-order valence-corrected chi connectivity index (χ2v) is 11.3. The first kappa shape index (κ1) is 21.4. The summed E-state index contributed by atoms with van der Waals surface area (Å²) in [6.07, 6.45) is 6.10. The Morgan fingerprint density at radius 3 is 2.91 bits per heavy atom. The summed E-state index contributed by atoms with van der Waals surface area (Å²) in [7, 11) is -3.71. The van der Waals surface area contributed by atoms with E-state index in [0.29, 0.717) is 48.3 Å². The average molecular weight is 477 g/mol. The largest absolute Gasteiger partial charge is 0.467 e. The number of hydrogen-bond donors (Lipinski definition) is 1. The van der Waals surface area contributed by atoms with Crippen LogP contribution >= 0.6 is 11.3 Å². The fourth-order valence-electron chi connectivity index (χ4n) is 3.98. The lowest BCUT2D eigenvalue weighted by Crippen LogP contribution is -2.45. The first-order valence-corrected chi connectivity index (χ1v) is 13.1. The minimum absolute atomic E-state index is 0.160. The van der Waals surface area contributed by atoms with Gasteiger partial charge in [0.15, 0.2) is 0 Å². The van der Waals surface area contributed by atoms with E-state index in [2.05, 4.69) is 15.5 Å². The van der Waals surface area contributed by atoms with Gasteiger partial charge in [-0.05, 0) is 43.9 Å². The molecule has 11 heteroatoms. The van der Waals surface area contributed by atoms with Crippen LogP contribution in [0.5, 0.6) is 0 Å². The molecule has 1 aliphatic carbocycles. The molecule has 4 heterocycles. The Morgan fingerprint density at radius 2 is 2.16 bits per heavy atom. The third kappa shape index (κ3) is 4.24. The molecule has 0 bridgehead atoms. The molecule has 1 saturated carbocycles. The number of nitrogens with one attached hydrogen (secondary N) is 1. The highest BCUT2D eigenvalue weighted by molar-refractivity contribution is 7.91. The van der Waals surface area contributed by atoms with Crippen LogP contribution in [0, 0.1) is 5.92 Å². The third-order valence-electron chi connectivity index (χ3n) is 6.10. The van der Waals surface area contributed by atoms with Crippen LogP contribution in [-0.2, 0) is 21.4 Å². The molecule has 1 atom stereocenters. The SMILES string of the molecule is O=C(NCc1ccco1)[C@H]1CCCN(S(=O)(=O)c2cc(-c3noc(C4CCC4)n3)cs2)C1. The molecule has 3 aromatic heterocycles. The molecular formula is C21H24N4O5S2. The standard InChI is InChI=1S/C21H24N4O5S2/c26-20(22-11-17-7-3-9-29-17)15-6-2-8-25(12-15)32(27,28)18-10-16(13-31-18)19-23-21(30-24-19)14-4-1-5-14/h3,7,9-10,13-15H,1-2,4-6,8,11-12H2,(H,22,26)/t15-/m0/s1. The van der Waals surface area contributed by atoms with E-state index in [0.717, 1.165) is 24.2 Å². The van der Waals surface area contributed by atoms with E-state index in [9.17, 15) is 13.2 Å². The second kappa shape index (κ2) is 8.80. The minimum Gasteiger partial charge on any atom is -0.467 e. The molecule has 9 nitrogen and oxygen atoms in total. The van der Waals surface area contributed by atoms with Gasteiger partial charge in [-0.1, -0.05) is 11.6 Å². The van der Waals surface area contributed by atoms with Crippen molar-refractivity contribution >= 4 is 27.3 Å². The van der Waals surface area contributed by atoms with Gasteiger partial charge in [-0.15, -0.1) is 11.3 Å². The normalized spacial score (nSPS) is 20.2. The molecule has 0 unspecified atom stereocenters. The summed E-state index contributed by atoms with van der Waals surface area (Å²) < 4.78 is 38.7. The van der Waals surface area contributed by atoms with E-state index >= 15 is 0 Å². The number of sulfonamides is 1. The van der Waals surface area contributed by atoms with E-state index in [4.69, 9.17) is 8.94 Å². The fourth-order valence-corrected chi connectivity index (χ4v) is 6.81. The van der Waals surface area contributed by atoms with Crippen LogP contribution in [0.4, 0.5) is 0 Å². The van der Waals surface area contributed by atoms with Crippen LogP contribution < -0.4 is 5.32 Å². The summed E-state index contributed by atoms with van der Waals surface area (Å²) in [6, 6.07) is 5.13. The molecule has 1 amide bonds. The monoisotopic (exact) mass is 476 g/mol. The van der Waals surface area contributed by atoms with Gasteiger partial charge in [0.1, 0.15) is 9.97 Å². The van der Waals surface area contributed by atoms with Gasteiger partial charge < -0.3 is 14.3 Å². The molecule has 1 aliphatic heterocycles. The number of aromatic nitrogens is 2. The smallest absolute Gasteiger partial charge is 0.252 e. The molecule has 2 fully saturated rings. The first-order valence-electron chi connectivity index (χ1n) is 10.7. The number of thiophene rings is 1. The number of rotatable bonds is 7. The Bertz CT molecular complexity index is 1180. The van der Waals surface area contributed by atoms with Gasteiger partial charge in [-0.2, -0.15) is 9.29 Å². The van der Waals surface area contributed by atoms with Gasteiger partial charge in [-0.25, -0.2) is 8.42 Å². The number of carbonyl (C=O) groups excluding carboxylic acids is 1. The summed E-state index contributed by atoms with van der Waals surface area (Å²) in [4.78, 5) is 17.0. The van der Waals surface area contributed by atoms with Crippen molar-refractivity contribution in [3.8, 4) is 11.4 Å². The van der Waals surface area contributed by atoms with Crippen LogP contribution in [0.2, 0.25) is 0 Å². The quantitative estimate of drug-likeness (QED) is 0.555. The molecule has 0 aromatic carbocycles. The maximum atomic E-state index is 13.2. The van der Waals surface area contributed by atoms with Crippen molar-refractivity contribution in [2.45, 2.75) is 48.8 Å². The highest BCUT2D eigenvalue weighted by atomic mass is 32.2. The third-order valence-corrected chi connectivity index (χ3v) is 9.38. The number of nitrogens with zero attached hydrogens (tertiary/aromatic N) is 3. The van der Waals surface area contributed by atoms with Crippen LogP contribution in [0.1, 0.15) is 49.7 Å². The summed E-state index contributed by atoms with van der Waals surface area (Å²) >= 11 is 1.14. The molecule has 3 aromatic rings. The van der Waals surface area contributed by atoms with Gasteiger partial charge in [0.05, 0.1) is 18.7 Å². The number of furan rings is 1. The summed E-state index contributed by atoms with van der Waals surface area (Å²) in [5, 5.41) is 8.60. The maximum absolute atomic E-state index is 13.2. The van der Waals surface area contributed by atoms with Crippen LogP contribution in [0.15, 0.2) is 43.0 Å². The molecule has 0 radical (unpaired) electrons. The van der Waals surface area contributed by atoms with Crippen molar-refractivity contribution in [2.24, 2.45) is 5.92 Å². The van der Waals surface area contributed by atoms with Crippen molar-refractivity contribution in [3.63, 3.8) is 0 Å². The molecule has 5 rings (SSSR count). The molecule has 2 aliphatic rings. The van der Waals surface area contributed by atoms with Crippen molar-refractivity contribution < 1.29 is 22.2 Å². The lowest BCUT2D eigenvalue weighted by molar-refractivity contribution is -0.126. The zero-order chi connectivity index (χ0) is 22.1. The molecule has 1 N–H and O–H groups in total. The van der Waals surface area contributed by atoms with Gasteiger partial charge in [0, 0.05) is 30.0 Å². The number of hydrogen-bond acceptors (Lipinski definition) is 8. The Balaban J connectivity index is 1.25. The highest BCUT2D eigenvalue weighted by Gasteiger charge is 2.34. The number of carbonyl (C=O) groups is 1. The topological polar surface area (TPSA) is 119 Å². The Labute approximate surface area is 189 Å². The lowest BCUT2D eigenvalue weighted by Gasteiger charge is -2.30. The predicted molar refractivity (Wildman–Crippen MR) is 116 cm³/mol. The summed E-state index contributed by atoms with van der Waals surface area (Å²) in [5.74, 6) is 1.47. The molecule has 32 heavy (non-hydrogen) atoms. The van der Waals surface area contributed by atoms with Crippen molar-refractivity contribution in [1.29, 1.82) is 0 Å². The van der Waals surface area contributed by atoms with E-state index in [1.54, 1.807) is 29.8 Å². The first-order chi connectivity index (χ1) is 15.5. The zero-order valence-corrected chi connectivity index (χ0v) is 19.0. The van der Waals surface area contributed by atoms with Gasteiger partial charge in [0.2, 0.25) is 17.6 Å². The molecular weight excluding hydrogens is 452 g/mol. The average Bonchev–Trinajstić information content (AvgIpc) is 3.52. The molecule has 170 valence electrons. The maximum Gasteiger partial charge on any atom is 0.252 e. The van der Waals surface area contributed by atoms with E-state index in [1.807, 2.05) is 0 Å². The zero-order valence-electron chi connectivity index (χ0n) is 17.4. The summed E-state index contributed by atoms with van der Waals surface area (Å²) in [5.41, 5.74) is 0.632. The fraction of sp³-hybridized carbons (Fsp3) is 0.476. The molecule has 1 saturated heterocycles. The Morgan fingerprint density at radius 1 is 1.28 bits per heavy atom. The van der Waals surface area contributed by atoms with E-state index in [1.165, 1.54) is 10.7 Å². The van der Waals surface area contributed by atoms with Crippen LogP contribution in [-0.4, -0.2) is 41.9 Å². The Kier molecular flexibility index (Phi) is 5.87. The second-order valence-electron chi connectivity index (χ2n) is 8.24. The lowest BCUT2D eigenvalue weighted by atomic mass is 9.85. The van der Waals surface area contributed by atoms with Crippen LogP contribution in [0.25, 0.3) is 11.4 Å². The summed E-state index contributed by atoms with van der Waals surface area (Å²) in [6.45, 7) is 0.843. The molecule has 0 spiro atoms. The number of piperidine rings is 1. The van der Waals surface area contributed by atoms with E-state index < -0.39 is 15.9 Å². The van der Waals surface area contributed by atoms with Gasteiger partial charge in [-0.3, -0.25) is 4.79 Å².